The normalized spacial score (nSPS) is 18.5. The Morgan fingerprint density at radius 3 is 2.10 bits per heavy atom. The van der Waals surface area contributed by atoms with Gasteiger partial charge in [-0.05, 0) is 20.8 Å². The van der Waals surface area contributed by atoms with Gasteiger partial charge < -0.3 is 9.64 Å². The van der Waals surface area contributed by atoms with Crippen molar-refractivity contribution in [1.82, 2.24) is 9.80 Å². The van der Waals surface area contributed by atoms with Crippen LogP contribution in [0.25, 0.3) is 0 Å². The average Bonchev–Trinajstić information content (AvgIpc) is 2.37. The van der Waals surface area contributed by atoms with E-state index in [4.69, 9.17) is 4.74 Å². The van der Waals surface area contributed by atoms with Gasteiger partial charge in [0.15, 0.2) is 0 Å². The van der Waals surface area contributed by atoms with Gasteiger partial charge in [0.05, 0.1) is 12.0 Å². The van der Waals surface area contributed by atoms with Crippen molar-refractivity contribution in [2.75, 3.05) is 45.9 Å². The van der Waals surface area contributed by atoms with Gasteiger partial charge in [0.1, 0.15) is 0 Å². The largest absolute Gasteiger partial charge is 0.465 e. The Kier molecular flexibility index (Phi) is 6.41. The van der Waals surface area contributed by atoms with Crippen LogP contribution in [0, 0.1) is 10.8 Å². The van der Waals surface area contributed by atoms with Crippen molar-refractivity contribution in [3.05, 3.63) is 12.7 Å². The van der Waals surface area contributed by atoms with Gasteiger partial charge in [0.25, 0.3) is 0 Å². The van der Waals surface area contributed by atoms with Crippen LogP contribution in [0.15, 0.2) is 12.7 Å². The lowest BCUT2D eigenvalue weighted by Gasteiger charge is -2.38. The topological polar surface area (TPSA) is 32.8 Å². The second kappa shape index (κ2) is 7.41. The average molecular weight is 296 g/mol. The molecule has 0 N–H and O–H groups in total. The standard InChI is InChI=1S/C17H32N2O2/c1-7-8-18-9-11-19(12-10-18)13-17(5,6)14-21-15(20)16(2,3)4/h7H,1,8-14H2,2-6H3. The van der Waals surface area contributed by atoms with E-state index in [0.29, 0.717) is 6.61 Å². The predicted molar refractivity (Wildman–Crippen MR) is 87.3 cm³/mol. The first-order valence-electron chi connectivity index (χ1n) is 7.87. The van der Waals surface area contributed by atoms with Crippen LogP contribution in [-0.2, 0) is 9.53 Å². The van der Waals surface area contributed by atoms with Crippen LogP contribution in [0.4, 0.5) is 0 Å². The Balaban J connectivity index is 2.36. The molecular formula is C17H32N2O2. The molecular weight excluding hydrogens is 264 g/mol. The molecule has 0 unspecified atom stereocenters. The van der Waals surface area contributed by atoms with Crippen molar-refractivity contribution in [1.29, 1.82) is 0 Å². The van der Waals surface area contributed by atoms with E-state index in [1.807, 2.05) is 26.8 Å². The molecule has 0 radical (unpaired) electrons. The van der Waals surface area contributed by atoms with E-state index in [2.05, 4.69) is 30.2 Å². The molecule has 1 aliphatic rings. The maximum atomic E-state index is 11.9. The van der Waals surface area contributed by atoms with Crippen LogP contribution in [0.2, 0.25) is 0 Å². The first-order valence-corrected chi connectivity index (χ1v) is 7.87. The van der Waals surface area contributed by atoms with Crippen molar-refractivity contribution in [2.45, 2.75) is 34.6 Å². The number of hydrogen-bond donors (Lipinski definition) is 0. The van der Waals surface area contributed by atoms with Crippen LogP contribution >= 0.6 is 0 Å². The monoisotopic (exact) mass is 296 g/mol. The van der Waals surface area contributed by atoms with Crippen molar-refractivity contribution in [2.24, 2.45) is 10.8 Å². The van der Waals surface area contributed by atoms with Crippen LogP contribution in [0.5, 0.6) is 0 Å². The Morgan fingerprint density at radius 2 is 1.62 bits per heavy atom. The summed E-state index contributed by atoms with van der Waals surface area (Å²) in [6, 6.07) is 0. The highest BCUT2D eigenvalue weighted by Gasteiger charge is 2.29. The number of rotatable bonds is 6. The molecule has 0 spiro atoms. The molecule has 1 rings (SSSR count). The molecule has 0 amide bonds. The SMILES string of the molecule is C=CCN1CCN(CC(C)(C)COC(=O)C(C)(C)C)CC1. The zero-order chi connectivity index (χ0) is 16.1. The molecule has 1 heterocycles. The third kappa shape index (κ3) is 6.62. The lowest BCUT2D eigenvalue weighted by Crippen LogP contribution is -2.49. The summed E-state index contributed by atoms with van der Waals surface area (Å²) < 4.78 is 5.48. The summed E-state index contributed by atoms with van der Waals surface area (Å²) in [4.78, 5) is 16.7. The van der Waals surface area contributed by atoms with Gasteiger partial charge in [-0.3, -0.25) is 9.69 Å². The molecule has 0 aromatic rings. The summed E-state index contributed by atoms with van der Waals surface area (Å²) >= 11 is 0. The minimum Gasteiger partial charge on any atom is -0.465 e. The molecule has 1 fully saturated rings. The Hall–Kier alpha value is -0.870. The van der Waals surface area contributed by atoms with E-state index in [1.54, 1.807) is 0 Å². The zero-order valence-electron chi connectivity index (χ0n) is 14.4. The van der Waals surface area contributed by atoms with Crippen molar-refractivity contribution in [3.63, 3.8) is 0 Å². The molecule has 0 aromatic carbocycles. The molecule has 1 saturated heterocycles. The molecule has 0 aromatic heterocycles. The number of carbonyl (C=O) groups is 1. The van der Waals surface area contributed by atoms with Gasteiger partial charge in [-0.1, -0.05) is 19.9 Å². The van der Waals surface area contributed by atoms with Gasteiger partial charge in [-0.2, -0.15) is 0 Å². The fraction of sp³-hybridized carbons (Fsp3) is 0.824. The quantitative estimate of drug-likeness (QED) is 0.556. The van der Waals surface area contributed by atoms with Crippen molar-refractivity contribution < 1.29 is 9.53 Å². The van der Waals surface area contributed by atoms with E-state index in [0.717, 1.165) is 39.3 Å². The lowest BCUT2D eigenvalue weighted by molar-refractivity contribution is -0.156. The number of nitrogens with zero attached hydrogens (tertiary/aromatic N) is 2. The second-order valence-electron chi connectivity index (χ2n) is 7.86. The predicted octanol–water partition coefficient (Wildman–Crippen LogP) is 2.41. The van der Waals surface area contributed by atoms with E-state index in [9.17, 15) is 4.79 Å². The molecule has 21 heavy (non-hydrogen) atoms. The third-order valence-electron chi connectivity index (χ3n) is 3.71. The van der Waals surface area contributed by atoms with E-state index in [-0.39, 0.29) is 11.4 Å². The summed E-state index contributed by atoms with van der Waals surface area (Å²) in [7, 11) is 0. The van der Waals surface area contributed by atoms with E-state index in [1.165, 1.54) is 0 Å². The van der Waals surface area contributed by atoms with Crippen LogP contribution in [0.1, 0.15) is 34.6 Å². The second-order valence-corrected chi connectivity index (χ2v) is 7.86. The van der Waals surface area contributed by atoms with Gasteiger partial charge in [0.2, 0.25) is 0 Å². The molecule has 0 aliphatic carbocycles. The summed E-state index contributed by atoms with van der Waals surface area (Å²) in [5.41, 5.74) is -0.437. The fourth-order valence-corrected chi connectivity index (χ4v) is 2.44. The van der Waals surface area contributed by atoms with Crippen molar-refractivity contribution in [3.8, 4) is 0 Å². The maximum Gasteiger partial charge on any atom is 0.311 e. The fourth-order valence-electron chi connectivity index (χ4n) is 2.44. The molecule has 4 nitrogen and oxygen atoms in total. The van der Waals surface area contributed by atoms with Crippen LogP contribution in [-0.4, -0.2) is 61.6 Å². The lowest BCUT2D eigenvalue weighted by atomic mass is 9.93. The van der Waals surface area contributed by atoms with E-state index < -0.39 is 5.41 Å². The smallest absolute Gasteiger partial charge is 0.311 e. The summed E-state index contributed by atoms with van der Waals surface area (Å²) in [6.45, 7) is 20.5. The minimum absolute atomic E-state index is 0.0124. The number of hydrogen-bond acceptors (Lipinski definition) is 4. The van der Waals surface area contributed by atoms with Gasteiger partial charge in [-0.15, -0.1) is 6.58 Å². The van der Waals surface area contributed by atoms with Crippen molar-refractivity contribution >= 4 is 5.97 Å². The summed E-state index contributed by atoms with van der Waals surface area (Å²) in [6.07, 6.45) is 1.96. The highest BCUT2D eigenvalue weighted by molar-refractivity contribution is 5.75. The maximum absolute atomic E-state index is 11.9. The van der Waals surface area contributed by atoms with Crippen LogP contribution < -0.4 is 0 Å². The molecule has 0 bridgehead atoms. The summed E-state index contributed by atoms with van der Waals surface area (Å²) in [5, 5.41) is 0. The Bertz CT molecular complexity index is 350. The first kappa shape index (κ1) is 18.2. The van der Waals surface area contributed by atoms with Gasteiger partial charge >= 0.3 is 5.97 Å². The number of esters is 1. The molecule has 1 aliphatic heterocycles. The summed E-state index contributed by atoms with van der Waals surface area (Å²) in [5.74, 6) is -0.119. The Labute approximate surface area is 130 Å². The Morgan fingerprint density at radius 1 is 1.10 bits per heavy atom. The number of carbonyl (C=O) groups excluding carboxylic acids is 1. The number of ether oxygens (including phenoxy) is 1. The van der Waals surface area contributed by atoms with Gasteiger partial charge in [0, 0.05) is 44.7 Å². The first-order chi connectivity index (χ1) is 9.64. The third-order valence-corrected chi connectivity index (χ3v) is 3.71. The molecule has 4 heteroatoms. The minimum atomic E-state index is -0.424. The molecule has 0 atom stereocenters. The van der Waals surface area contributed by atoms with E-state index >= 15 is 0 Å². The highest BCUT2D eigenvalue weighted by Crippen LogP contribution is 2.22. The van der Waals surface area contributed by atoms with Gasteiger partial charge in [-0.25, -0.2) is 0 Å². The highest BCUT2D eigenvalue weighted by atomic mass is 16.5. The molecule has 122 valence electrons. The zero-order valence-corrected chi connectivity index (χ0v) is 14.4. The molecule has 0 saturated carbocycles. The van der Waals surface area contributed by atoms with Crippen LogP contribution in [0.3, 0.4) is 0 Å². The number of piperazine rings is 1.